The number of carboxylic acids is 1. The van der Waals surface area contributed by atoms with Crippen molar-refractivity contribution >= 4 is 27.9 Å². The quantitative estimate of drug-likeness (QED) is 0.607. The van der Waals surface area contributed by atoms with Crippen LogP contribution < -0.4 is 5.32 Å². The molecule has 0 spiro atoms. The number of hydrogen-bond acceptors (Lipinski definition) is 6. The van der Waals surface area contributed by atoms with Gasteiger partial charge >= 0.3 is 11.9 Å². The number of rotatable bonds is 8. The molecule has 0 aliphatic rings. The molecule has 0 aliphatic carbocycles. The van der Waals surface area contributed by atoms with Crippen LogP contribution in [0.25, 0.3) is 0 Å². The number of esters is 1. The first kappa shape index (κ1) is 21.5. The van der Waals surface area contributed by atoms with Crippen molar-refractivity contribution in [2.24, 2.45) is 0 Å². The molecular formula is C15H19FN2O7S. The van der Waals surface area contributed by atoms with Gasteiger partial charge in [0, 0.05) is 20.0 Å². The molecule has 1 aromatic rings. The van der Waals surface area contributed by atoms with Crippen LogP contribution in [0.3, 0.4) is 0 Å². The minimum Gasteiger partial charge on any atom is -0.480 e. The lowest BCUT2D eigenvalue weighted by molar-refractivity contribution is -0.140. The first-order chi connectivity index (χ1) is 12.0. The fraction of sp³-hybridized carbons (Fsp3) is 0.400. The zero-order chi connectivity index (χ0) is 20.1. The van der Waals surface area contributed by atoms with Gasteiger partial charge in [0.25, 0.3) is 0 Å². The van der Waals surface area contributed by atoms with E-state index in [0.29, 0.717) is 10.4 Å². The molecule has 11 heteroatoms. The molecule has 0 saturated carbocycles. The van der Waals surface area contributed by atoms with E-state index in [1.807, 2.05) is 0 Å². The molecule has 0 aromatic heterocycles. The molecule has 144 valence electrons. The number of halogens is 1. The Kier molecular flexibility index (Phi) is 7.21. The van der Waals surface area contributed by atoms with Gasteiger partial charge in [0.1, 0.15) is 11.9 Å². The number of nitrogens with one attached hydrogen (secondary N) is 1. The van der Waals surface area contributed by atoms with Gasteiger partial charge in [-0.2, -0.15) is 4.31 Å². The first-order valence-electron chi connectivity index (χ1n) is 7.39. The number of carboxylic acid groups (broad SMARTS) is 1. The highest BCUT2D eigenvalue weighted by atomic mass is 32.2. The molecule has 2 N–H and O–H groups in total. The number of sulfonamides is 1. The molecular weight excluding hydrogens is 371 g/mol. The van der Waals surface area contributed by atoms with Crippen LogP contribution in [0.4, 0.5) is 4.39 Å². The lowest BCUT2D eigenvalue weighted by atomic mass is 10.2. The van der Waals surface area contributed by atoms with Gasteiger partial charge in [0.2, 0.25) is 15.9 Å². The van der Waals surface area contributed by atoms with Crippen molar-refractivity contribution in [2.45, 2.75) is 24.8 Å². The number of carbonyl (C=O) groups is 3. The summed E-state index contributed by atoms with van der Waals surface area (Å²) >= 11 is 0. The van der Waals surface area contributed by atoms with Crippen molar-refractivity contribution in [3.8, 4) is 0 Å². The third-order valence-corrected chi connectivity index (χ3v) is 5.41. The number of benzene rings is 1. The van der Waals surface area contributed by atoms with Gasteiger partial charge in [0.15, 0.2) is 0 Å². The van der Waals surface area contributed by atoms with Gasteiger partial charge in [-0.05, 0) is 25.1 Å². The molecule has 1 unspecified atom stereocenters. The van der Waals surface area contributed by atoms with Gasteiger partial charge in [0.05, 0.1) is 17.6 Å². The van der Waals surface area contributed by atoms with E-state index in [1.54, 1.807) is 0 Å². The van der Waals surface area contributed by atoms with Crippen molar-refractivity contribution in [3.63, 3.8) is 0 Å². The molecule has 0 fully saturated rings. The zero-order valence-electron chi connectivity index (χ0n) is 14.4. The largest absolute Gasteiger partial charge is 0.480 e. The highest BCUT2D eigenvalue weighted by Crippen LogP contribution is 2.21. The molecule has 9 nitrogen and oxygen atoms in total. The molecule has 0 bridgehead atoms. The smallest absolute Gasteiger partial charge is 0.340 e. The second-order valence-corrected chi connectivity index (χ2v) is 7.14. The van der Waals surface area contributed by atoms with Gasteiger partial charge in [-0.15, -0.1) is 0 Å². The number of aliphatic carboxylic acids is 1. The minimum atomic E-state index is -4.41. The van der Waals surface area contributed by atoms with E-state index in [0.717, 1.165) is 26.2 Å². The SMILES string of the molecule is COC(=O)c1ccc(S(=O)(=O)N(CCNC(C)=O)C(C)C(=O)O)cc1F. The number of ether oxygens (including phenoxy) is 1. The van der Waals surface area contributed by atoms with Crippen molar-refractivity contribution < 1.29 is 37.0 Å². The predicted octanol–water partition coefficient (Wildman–Crippen LogP) is 0.212. The Labute approximate surface area is 149 Å². The fourth-order valence-corrected chi connectivity index (χ4v) is 3.66. The van der Waals surface area contributed by atoms with Gasteiger partial charge < -0.3 is 15.2 Å². The number of amides is 1. The van der Waals surface area contributed by atoms with Gasteiger partial charge in [-0.25, -0.2) is 17.6 Å². The van der Waals surface area contributed by atoms with E-state index in [2.05, 4.69) is 10.1 Å². The molecule has 0 aliphatic heterocycles. The number of nitrogens with zero attached hydrogens (tertiary/aromatic N) is 1. The third kappa shape index (κ3) is 4.99. The second-order valence-electron chi connectivity index (χ2n) is 5.25. The molecule has 0 heterocycles. The summed E-state index contributed by atoms with van der Waals surface area (Å²) in [4.78, 5) is 33.0. The highest BCUT2D eigenvalue weighted by Gasteiger charge is 2.33. The molecule has 26 heavy (non-hydrogen) atoms. The van der Waals surface area contributed by atoms with Crippen molar-refractivity contribution in [2.75, 3.05) is 20.2 Å². The maximum absolute atomic E-state index is 14.0. The van der Waals surface area contributed by atoms with Crippen LogP contribution in [0.2, 0.25) is 0 Å². The zero-order valence-corrected chi connectivity index (χ0v) is 15.2. The summed E-state index contributed by atoms with van der Waals surface area (Å²) in [6, 6.07) is 1.06. The third-order valence-electron chi connectivity index (χ3n) is 3.45. The van der Waals surface area contributed by atoms with Crippen LogP contribution in [0.1, 0.15) is 24.2 Å². The fourth-order valence-electron chi connectivity index (χ4n) is 2.05. The Morgan fingerprint density at radius 1 is 1.35 bits per heavy atom. The monoisotopic (exact) mass is 390 g/mol. The summed E-state index contributed by atoms with van der Waals surface area (Å²) in [5.74, 6) is -3.93. The predicted molar refractivity (Wildman–Crippen MR) is 87.4 cm³/mol. The maximum Gasteiger partial charge on any atom is 0.340 e. The van der Waals surface area contributed by atoms with Crippen LogP contribution in [-0.4, -0.2) is 61.9 Å². The molecule has 0 radical (unpaired) electrons. The van der Waals surface area contributed by atoms with Crippen molar-refractivity contribution in [3.05, 3.63) is 29.6 Å². The van der Waals surface area contributed by atoms with Gasteiger partial charge in [-0.1, -0.05) is 0 Å². The Bertz CT molecular complexity index is 810. The average Bonchev–Trinajstić information content (AvgIpc) is 2.56. The lowest BCUT2D eigenvalue weighted by Gasteiger charge is -2.26. The second kappa shape index (κ2) is 8.72. The summed E-state index contributed by atoms with van der Waals surface area (Å²) in [6.07, 6.45) is 0. The Morgan fingerprint density at radius 3 is 2.42 bits per heavy atom. The highest BCUT2D eigenvalue weighted by molar-refractivity contribution is 7.89. The molecule has 1 rings (SSSR count). The van der Waals surface area contributed by atoms with E-state index < -0.39 is 50.2 Å². The Balaban J connectivity index is 3.26. The van der Waals surface area contributed by atoms with Crippen LogP contribution in [0.5, 0.6) is 0 Å². The average molecular weight is 390 g/mol. The summed E-state index contributed by atoms with van der Waals surface area (Å²) in [5.41, 5.74) is -0.456. The van der Waals surface area contributed by atoms with E-state index in [9.17, 15) is 27.2 Å². The first-order valence-corrected chi connectivity index (χ1v) is 8.83. The standard InChI is InChI=1S/C15H19FN2O7S/c1-9(14(20)21)18(7-6-17-10(2)19)26(23,24)11-4-5-12(13(16)8-11)15(22)25-3/h4-5,8-9H,6-7H2,1-3H3,(H,17,19)(H,20,21). The topological polar surface area (TPSA) is 130 Å². The van der Waals surface area contributed by atoms with Crippen LogP contribution in [0.15, 0.2) is 23.1 Å². The minimum absolute atomic E-state index is 0.130. The van der Waals surface area contributed by atoms with E-state index in [-0.39, 0.29) is 13.1 Å². The number of hydrogen-bond donors (Lipinski definition) is 2. The van der Waals surface area contributed by atoms with E-state index in [4.69, 9.17) is 5.11 Å². The van der Waals surface area contributed by atoms with E-state index >= 15 is 0 Å². The molecule has 1 aromatic carbocycles. The van der Waals surface area contributed by atoms with E-state index in [1.165, 1.54) is 6.92 Å². The van der Waals surface area contributed by atoms with Gasteiger partial charge in [-0.3, -0.25) is 9.59 Å². The molecule has 1 amide bonds. The van der Waals surface area contributed by atoms with Crippen molar-refractivity contribution in [1.29, 1.82) is 0 Å². The molecule has 0 saturated heterocycles. The Hall–Kier alpha value is -2.53. The Morgan fingerprint density at radius 2 is 1.96 bits per heavy atom. The summed E-state index contributed by atoms with van der Waals surface area (Å²) in [7, 11) is -3.36. The summed E-state index contributed by atoms with van der Waals surface area (Å²) in [6.45, 7) is 1.90. The summed E-state index contributed by atoms with van der Waals surface area (Å²) < 4.78 is 44.5. The molecule has 1 atom stereocenters. The van der Waals surface area contributed by atoms with Crippen LogP contribution in [0, 0.1) is 5.82 Å². The normalized spacial score (nSPS) is 12.5. The lowest BCUT2D eigenvalue weighted by Crippen LogP contribution is -2.46. The number of carbonyl (C=O) groups excluding carboxylic acids is 2. The van der Waals surface area contributed by atoms with Crippen molar-refractivity contribution in [1.82, 2.24) is 9.62 Å². The number of methoxy groups -OCH3 is 1. The maximum atomic E-state index is 14.0. The van der Waals surface area contributed by atoms with Crippen LogP contribution in [-0.2, 0) is 24.3 Å². The van der Waals surface area contributed by atoms with Crippen LogP contribution >= 0.6 is 0 Å². The summed E-state index contributed by atoms with van der Waals surface area (Å²) in [5, 5.41) is 11.5.